The smallest absolute Gasteiger partial charge is 0.248 e. The summed E-state index contributed by atoms with van der Waals surface area (Å²) >= 11 is 0. The zero-order chi connectivity index (χ0) is 11.9. The minimum atomic E-state index is -2.56. The van der Waals surface area contributed by atoms with Crippen LogP contribution in [-0.4, -0.2) is 25.9 Å². The Morgan fingerprint density at radius 3 is 3.06 bits per heavy atom. The SMILES string of the molecule is FC1(F)CCCC(c2nc3ncncc3[nH]2)C1. The molecule has 4 nitrogen and oxygen atoms in total. The summed E-state index contributed by atoms with van der Waals surface area (Å²) in [6.07, 6.45) is 4.18. The summed E-state index contributed by atoms with van der Waals surface area (Å²) in [7, 11) is 0. The molecule has 1 fully saturated rings. The van der Waals surface area contributed by atoms with Crippen molar-refractivity contribution < 1.29 is 8.78 Å². The quantitative estimate of drug-likeness (QED) is 0.830. The van der Waals surface area contributed by atoms with E-state index in [1.54, 1.807) is 6.20 Å². The first-order valence-electron chi connectivity index (χ1n) is 5.67. The fourth-order valence-electron chi connectivity index (χ4n) is 2.38. The lowest BCUT2D eigenvalue weighted by atomic mass is 9.86. The van der Waals surface area contributed by atoms with E-state index in [9.17, 15) is 8.78 Å². The largest absolute Gasteiger partial charge is 0.339 e. The van der Waals surface area contributed by atoms with Crippen LogP contribution in [0.25, 0.3) is 11.2 Å². The number of rotatable bonds is 1. The van der Waals surface area contributed by atoms with Crippen molar-refractivity contribution in [3.63, 3.8) is 0 Å². The van der Waals surface area contributed by atoms with Crippen molar-refractivity contribution in [3.05, 3.63) is 18.3 Å². The number of fused-ring (bicyclic) bond motifs is 1. The van der Waals surface area contributed by atoms with E-state index in [1.807, 2.05) is 0 Å². The minimum Gasteiger partial charge on any atom is -0.339 e. The van der Waals surface area contributed by atoms with Crippen molar-refractivity contribution in [1.82, 2.24) is 19.9 Å². The zero-order valence-corrected chi connectivity index (χ0v) is 9.16. The molecule has 1 aliphatic rings. The highest BCUT2D eigenvalue weighted by atomic mass is 19.3. The van der Waals surface area contributed by atoms with Crippen LogP contribution in [0.3, 0.4) is 0 Å². The van der Waals surface area contributed by atoms with Crippen LogP contribution in [0, 0.1) is 0 Å². The molecule has 0 radical (unpaired) electrons. The fraction of sp³-hybridized carbons (Fsp3) is 0.545. The number of hydrogen-bond acceptors (Lipinski definition) is 3. The van der Waals surface area contributed by atoms with Crippen molar-refractivity contribution in [2.75, 3.05) is 0 Å². The van der Waals surface area contributed by atoms with Gasteiger partial charge in [0, 0.05) is 18.8 Å². The van der Waals surface area contributed by atoms with Gasteiger partial charge in [-0.25, -0.2) is 23.7 Å². The topological polar surface area (TPSA) is 54.5 Å². The van der Waals surface area contributed by atoms with E-state index in [1.165, 1.54) is 6.33 Å². The Balaban J connectivity index is 1.93. The standard InChI is InChI=1S/C11H12F2N4/c12-11(13)3-1-2-7(4-11)9-16-8-5-14-6-15-10(8)17-9/h5-7H,1-4H2,(H,14,15,16,17). The van der Waals surface area contributed by atoms with Gasteiger partial charge in [0.1, 0.15) is 17.7 Å². The molecule has 2 aromatic rings. The average molecular weight is 238 g/mol. The summed E-state index contributed by atoms with van der Waals surface area (Å²) in [6, 6.07) is 0. The second kappa shape index (κ2) is 3.72. The molecule has 0 bridgehead atoms. The maximum atomic E-state index is 13.3. The summed E-state index contributed by atoms with van der Waals surface area (Å²) < 4.78 is 26.7. The molecule has 2 heterocycles. The lowest BCUT2D eigenvalue weighted by Gasteiger charge is -2.27. The fourth-order valence-corrected chi connectivity index (χ4v) is 2.38. The van der Waals surface area contributed by atoms with Gasteiger partial charge in [-0.05, 0) is 12.8 Å². The molecule has 17 heavy (non-hydrogen) atoms. The van der Waals surface area contributed by atoms with E-state index in [-0.39, 0.29) is 18.8 Å². The highest BCUT2D eigenvalue weighted by Crippen LogP contribution is 2.40. The molecular weight excluding hydrogens is 226 g/mol. The van der Waals surface area contributed by atoms with E-state index in [4.69, 9.17) is 0 Å². The van der Waals surface area contributed by atoms with Crippen LogP contribution in [0.5, 0.6) is 0 Å². The molecule has 3 rings (SSSR count). The molecular formula is C11H12F2N4. The summed E-state index contributed by atoms with van der Waals surface area (Å²) in [5.74, 6) is -2.15. The van der Waals surface area contributed by atoms with Gasteiger partial charge < -0.3 is 4.98 Å². The van der Waals surface area contributed by atoms with Gasteiger partial charge in [0.05, 0.1) is 6.20 Å². The predicted octanol–water partition coefficient (Wildman–Crippen LogP) is 2.65. The zero-order valence-electron chi connectivity index (χ0n) is 9.16. The highest BCUT2D eigenvalue weighted by molar-refractivity contribution is 5.68. The molecule has 0 spiro atoms. The molecule has 1 atom stereocenters. The monoisotopic (exact) mass is 238 g/mol. The number of halogens is 2. The Bertz CT molecular complexity index is 504. The number of nitrogens with one attached hydrogen (secondary N) is 1. The Kier molecular flexibility index (Phi) is 2.31. The third-order valence-electron chi connectivity index (χ3n) is 3.21. The normalized spacial score (nSPS) is 24.0. The molecule has 1 unspecified atom stereocenters. The maximum Gasteiger partial charge on any atom is 0.248 e. The third-order valence-corrected chi connectivity index (χ3v) is 3.21. The second-order valence-electron chi connectivity index (χ2n) is 4.53. The van der Waals surface area contributed by atoms with Crippen molar-refractivity contribution in [2.45, 2.75) is 37.5 Å². The number of H-pyrrole nitrogens is 1. The summed E-state index contributed by atoms with van der Waals surface area (Å²) in [5.41, 5.74) is 1.25. The molecule has 0 saturated heterocycles. The third kappa shape index (κ3) is 1.99. The van der Waals surface area contributed by atoms with Crippen LogP contribution in [0.1, 0.15) is 37.4 Å². The van der Waals surface area contributed by atoms with E-state index in [0.29, 0.717) is 23.4 Å². The molecule has 0 aromatic carbocycles. The van der Waals surface area contributed by atoms with E-state index < -0.39 is 5.92 Å². The Labute approximate surface area is 96.5 Å². The van der Waals surface area contributed by atoms with Gasteiger partial charge in [0.2, 0.25) is 5.92 Å². The number of aromatic amines is 1. The van der Waals surface area contributed by atoms with Gasteiger partial charge in [-0.2, -0.15) is 0 Å². The molecule has 0 aliphatic heterocycles. The second-order valence-corrected chi connectivity index (χ2v) is 4.53. The van der Waals surface area contributed by atoms with Crippen molar-refractivity contribution in [2.24, 2.45) is 0 Å². The lowest BCUT2D eigenvalue weighted by molar-refractivity contribution is -0.0416. The Morgan fingerprint density at radius 2 is 2.29 bits per heavy atom. The van der Waals surface area contributed by atoms with Crippen LogP contribution in [0.4, 0.5) is 8.78 Å². The van der Waals surface area contributed by atoms with Gasteiger partial charge in [0.25, 0.3) is 0 Å². The lowest BCUT2D eigenvalue weighted by Crippen LogP contribution is -2.25. The Hall–Kier alpha value is -1.59. The van der Waals surface area contributed by atoms with Crippen LogP contribution >= 0.6 is 0 Å². The maximum absolute atomic E-state index is 13.3. The summed E-state index contributed by atoms with van der Waals surface area (Å²) in [5, 5.41) is 0. The minimum absolute atomic E-state index is 0.0104. The van der Waals surface area contributed by atoms with Gasteiger partial charge in [0.15, 0.2) is 5.65 Å². The average Bonchev–Trinajstić information content (AvgIpc) is 2.71. The van der Waals surface area contributed by atoms with E-state index in [0.717, 1.165) is 6.42 Å². The summed E-state index contributed by atoms with van der Waals surface area (Å²) in [6.45, 7) is 0. The molecule has 6 heteroatoms. The number of imidazole rings is 1. The van der Waals surface area contributed by atoms with Crippen molar-refractivity contribution in [1.29, 1.82) is 0 Å². The van der Waals surface area contributed by atoms with Crippen LogP contribution < -0.4 is 0 Å². The van der Waals surface area contributed by atoms with Gasteiger partial charge in [-0.3, -0.25) is 0 Å². The van der Waals surface area contributed by atoms with Gasteiger partial charge in [-0.1, -0.05) is 0 Å². The number of hydrogen-bond donors (Lipinski definition) is 1. The van der Waals surface area contributed by atoms with Crippen LogP contribution in [0.2, 0.25) is 0 Å². The molecule has 90 valence electrons. The van der Waals surface area contributed by atoms with Crippen molar-refractivity contribution >= 4 is 11.2 Å². The highest BCUT2D eigenvalue weighted by Gasteiger charge is 2.37. The van der Waals surface area contributed by atoms with Gasteiger partial charge >= 0.3 is 0 Å². The number of alkyl halides is 2. The number of nitrogens with zero attached hydrogens (tertiary/aromatic N) is 3. The first kappa shape index (κ1) is 10.6. The van der Waals surface area contributed by atoms with Gasteiger partial charge in [-0.15, -0.1) is 0 Å². The van der Waals surface area contributed by atoms with Crippen molar-refractivity contribution in [3.8, 4) is 0 Å². The predicted molar refractivity (Wildman–Crippen MR) is 57.8 cm³/mol. The first-order valence-corrected chi connectivity index (χ1v) is 5.67. The van der Waals surface area contributed by atoms with Crippen LogP contribution in [-0.2, 0) is 0 Å². The molecule has 0 amide bonds. The molecule has 1 saturated carbocycles. The Morgan fingerprint density at radius 1 is 1.41 bits per heavy atom. The molecule has 1 N–H and O–H groups in total. The van der Waals surface area contributed by atoms with Crippen LogP contribution in [0.15, 0.2) is 12.5 Å². The molecule has 2 aromatic heterocycles. The first-order chi connectivity index (χ1) is 8.14. The summed E-state index contributed by atoms with van der Waals surface area (Å²) in [4.78, 5) is 15.2. The molecule has 1 aliphatic carbocycles. The van der Waals surface area contributed by atoms with E-state index in [2.05, 4.69) is 19.9 Å². The number of aromatic nitrogens is 4. The van der Waals surface area contributed by atoms with E-state index >= 15 is 0 Å².